The number of ether oxygens (including phenoxy) is 1. The number of nitrogens with zero attached hydrogens (tertiary/aromatic N) is 1. The predicted molar refractivity (Wildman–Crippen MR) is 82.5 cm³/mol. The molecule has 0 saturated heterocycles. The zero-order valence-corrected chi connectivity index (χ0v) is 13.1. The van der Waals surface area contributed by atoms with E-state index in [1.54, 1.807) is 11.4 Å². The van der Waals surface area contributed by atoms with Gasteiger partial charge in [-0.05, 0) is 37.3 Å². The van der Waals surface area contributed by atoms with Gasteiger partial charge in [-0.1, -0.05) is 0 Å². The Bertz CT molecular complexity index is 513. The monoisotopic (exact) mass is 311 g/mol. The van der Waals surface area contributed by atoms with Crippen LogP contribution in [0.3, 0.4) is 0 Å². The van der Waals surface area contributed by atoms with E-state index in [1.807, 2.05) is 11.9 Å². The van der Waals surface area contributed by atoms with Crippen molar-refractivity contribution in [3.05, 3.63) is 16.3 Å². The van der Waals surface area contributed by atoms with Gasteiger partial charge in [-0.3, -0.25) is 9.69 Å². The molecule has 7 heteroatoms. The van der Waals surface area contributed by atoms with E-state index in [0.29, 0.717) is 23.0 Å². The number of amides is 1. The van der Waals surface area contributed by atoms with Crippen LogP contribution in [0.2, 0.25) is 0 Å². The minimum atomic E-state index is -0.438. The standard InChI is InChI=1S/C14H21N3O3S/c1-17(11(7-15)9-3-4-9)8-12(18)16-10-5-6-21-13(10)14(19)20-2/h5-6,9,11H,3-4,7-8,15H2,1-2H3,(H,16,18). The Morgan fingerprint density at radius 1 is 1.57 bits per heavy atom. The molecule has 6 nitrogen and oxygen atoms in total. The summed E-state index contributed by atoms with van der Waals surface area (Å²) in [6.45, 7) is 0.815. The molecule has 0 radical (unpaired) electrons. The topological polar surface area (TPSA) is 84.7 Å². The predicted octanol–water partition coefficient (Wildman–Crippen LogP) is 1.14. The number of anilines is 1. The van der Waals surface area contributed by atoms with Gasteiger partial charge >= 0.3 is 5.97 Å². The number of esters is 1. The summed E-state index contributed by atoms with van der Waals surface area (Å²) in [7, 11) is 3.23. The smallest absolute Gasteiger partial charge is 0.350 e. The van der Waals surface area contributed by atoms with E-state index in [2.05, 4.69) is 10.1 Å². The van der Waals surface area contributed by atoms with Gasteiger partial charge in [0.15, 0.2) is 0 Å². The maximum atomic E-state index is 12.1. The molecule has 3 N–H and O–H groups in total. The number of carbonyl (C=O) groups is 2. The number of nitrogens with one attached hydrogen (secondary N) is 1. The Hall–Kier alpha value is -1.44. The van der Waals surface area contributed by atoms with Crippen LogP contribution in [0.25, 0.3) is 0 Å². The van der Waals surface area contributed by atoms with E-state index in [0.717, 1.165) is 0 Å². The summed E-state index contributed by atoms with van der Waals surface area (Å²) in [6.07, 6.45) is 2.37. The third kappa shape index (κ3) is 4.03. The molecule has 0 aliphatic heterocycles. The summed E-state index contributed by atoms with van der Waals surface area (Å²) in [5.41, 5.74) is 6.28. The highest BCUT2D eigenvalue weighted by atomic mass is 32.1. The van der Waals surface area contributed by atoms with Crippen LogP contribution in [0.1, 0.15) is 22.5 Å². The third-order valence-electron chi connectivity index (χ3n) is 3.68. The third-order valence-corrected chi connectivity index (χ3v) is 4.57. The molecule has 0 bridgehead atoms. The summed E-state index contributed by atoms with van der Waals surface area (Å²) >= 11 is 1.25. The first-order valence-corrected chi connectivity index (χ1v) is 7.80. The van der Waals surface area contributed by atoms with Crippen LogP contribution in [0.4, 0.5) is 5.69 Å². The number of carbonyl (C=O) groups excluding carboxylic acids is 2. The summed E-state index contributed by atoms with van der Waals surface area (Å²) in [5.74, 6) is 0.0196. The molecule has 1 aromatic heterocycles. The number of hydrogen-bond donors (Lipinski definition) is 2. The Morgan fingerprint density at radius 3 is 2.86 bits per heavy atom. The lowest BCUT2D eigenvalue weighted by atomic mass is 10.1. The molecule has 1 amide bonds. The average molecular weight is 311 g/mol. The van der Waals surface area contributed by atoms with E-state index in [-0.39, 0.29) is 18.5 Å². The molecule has 0 spiro atoms. The van der Waals surface area contributed by atoms with Crippen LogP contribution in [0, 0.1) is 5.92 Å². The summed E-state index contributed by atoms with van der Waals surface area (Å²) in [4.78, 5) is 26.1. The molecular formula is C14H21N3O3S. The molecule has 0 aromatic carbocycles. The normalized spacial score (nSPS) is 15.8. The van der Waals surface area contributed by atoms with Gasteiger partial charge in [0.05, 0.1) is 19.3 Å². The van der Waals surface area contributed by atoms with E-state index in [4.69, 9.17) is 5.73 Å². The van der Waals surface area contributed by atoms with Gasteiger partial charge in [0, 0.05) is 12.6 Å². The van der Waals surface area contributed by atoms with Crippen LogP contribution in [0.15, 0.2) is 11.4 Å². The Labute approximate surface area is 128 Å². The first kappa shape index (κ1) is 15.9. The summed E-state index contributed by atoms with van der Waals surface area (Å²) in [5, 5.41) is 4.51. The Morgan fingerprint density at radius 2 is 2.29 bits per heavy atom. The van der Waals surface area contributed by atoms with Crippen molar-refractivity contribution in [3.8, 4) is 0 Å². The fraction of sp³-hybridized carbons (Fsp3) is 0.571. The van der Waals surface area contributed by atoms with E-state index < -0.39 is 5.97 Å². The maximum absolute atomic E-state index is 12.1. The van der Waals surface area contributed by atoms with Gasteiger partial charge < -0.3 is 15.8 Å². The van der Waals surface area contributed by atoms with Crippen molar-refractivity contribution < 1.29 is 14.3 Å². The largest absolute Gasteiger partial charge is 0.465 e. The molecule has 1 fully saturated rings. The van der Waals surface area contributed by atoms with E-state index in [1.165, 1.54) is 31.3 Å². The molecule has 2 rings (SSSR count). The van der Waals surface area contributed by atoms with Gasteiger partial charge in [0.25, 0.3) is 0 Å². The lowest BCUT2D eigenvalue weighted by Crippen LogP contribution is -2.43. The molecule has 1 saturated carbocycles. The van der Waals surface area contributed by atoms with Crippen LogP contribution >= 0.6 is 11.3 Å². The molecule has 21 heavy (non-hydrogen) atoms. The number of rotatable bonds is 7. The van der Waals surface area contributed by atoms with Crippen molar-refractivity contribution in [1.82, 2.24) is 4.90 Å². The lowest BCUT2D eigenvalue weighted by Gasteiger charge is -2.26. The fourth-order valence-corrected chi connectivity index (χ4v) is 3.17. The molecule has 1 heterocycles. The quantitative estimate of drug-likeness (QED) is 0.738. The summed E-state index contributed by atoms with van der Waals surface area (Å²) in [6, 6.07) is 1.95. The Balaban J connectivity index is 1.92. The molecule has 116 valence electrons. The second-order valence-corrected chi connectivity index (χ2v) is 6.17. The SMILES string of the molecule is COC(=O)c1sccc1NC(=O)CN(C)C(CN)C1CC1. The van der Waals surface area contributed by atoms with Crippen molar-refractivity contribution in [2.75, 3.05) is 32.6 Å². The minimum Gasteiger partial charge on any atom is -0.465 e. The highest BCUT2D eigenvalue weighted by molar-refractivity contribution is 7.12. The number of hydrogen-bond acceptors (Lipinski definition) is 6. The van der Waals surface area contributed by atoms with Crippen LogP contribution in [-0.4, -0.2) is 50.1 Å². The van der Waals surface area contributed by atoms with Crippen molar-refractivity contribution >= 4 is 28.9 Å². The number of nitrogens with two attached hydrogens (primary N) is 1. The second-order valence-electron chi connectivity index (χ2n) is 5.26. The average Bonchev–Trinajstić information content (AvgIpc) is 3.17. The van der Waals surface area contributed by atoms with Gasteiger partial charge in [-0.25, -0.2) is 4.79 Å². The molecule has 1 aliphatic rings. The van der Waals surface area contributed by atoms with Gasteiger partial charge in [-0.15, -0.1) is 11.3 Å². The van der Waals surface area contributed by atoms with Crippen molar-refractivity contribution in [2.45, 2.75) is 18.9 Å². The van der Waals surface area contributed by atoms with E-state index >= 15 is 0 Å². The fourth-order valence-electron chi connectivity index (χ4n) is 2.41. The minimum absolute atomic E-state index is 0.153. The Kier molecular flexibility index (Phi) is 5.33. The number of methoxy groups -OCH3 is 1. The van der Waals surface area contributed by atoms with Crippen LogP contribution < -0.4 is 11.1 Å². The van der Waals surface area contributed by atoms with Gasteiger partial charge in [-0.2, -0.15) is 0 Å². The molecule has 1 aliphatic carbocycles. The van der Waals surface area contributed by atoms with Crippen molar-refractivity contribution in [2.24, 2.45) is 11.7 Å². The van der Waals surface area contributed by atoms with Crippen molar-refractivity contribution in [1.29, 1.82) is 0 Å². The lowest BCUT2D eigenvalue weighted by molar-refractivity contribution is -0.117. The highest BCUT2D eigenvalue weighted by Gasteiger charge is 2.33. The van der Waals surface area contributed by atoms with Crippen LogP contribution in [0.5, 0.6) is 0 Å². The zero-order chi connectivity index (χ0) is 15.4. The van der Waals surface area contributed by atoms with Gasteiger partial charge in [0.1, 0.15) is 4.88 Å². The zero-order valence-electron chi connectivity index (χ0n) is 12.3. The first-order valence-electron chi connectivity index (χ1n) is 6.92. The molecule has 1 aromatic rings. The highest BCUT2D eigenvalue weighted by Crippen LogP contribution is 2.34. The second kappa shape index (κ2) is 7.02. The van der Waals surface area contributed by atoms with Crippen molar-refractivity contribution in [3.63, 3.8) is 0 Å². The number of likely N-dealkylation sites (N-methyl/N-ethyl adjacent to an activating group) is 1. The van der Waals surface area contributed by atoms with E-state index in [9.17, 15) is 9.59 Å². The van der Waals surface area contributed by atoms with Crippen LogP contribution in [-0.2, 0) is 9.53 Å². The first-order chi connectivity index (χ1) is 10.1. The molecular weight excluding hydrogens is 290 g/mol. The summed E-state index contributed by atoms with van der Waals surface area (Å²) < 4.78 is 4.69. The molecule has 1 atom stereocenters. The number of thiophene rings is 1. The maximum Gasteiger partial charge on any atom is 0.350 e. The molecule has 1 unspecified atom stereocenters. The van der Waals surface area contributed by atoms with Gasteiger partial charge in [0.2, 0.25) is 5.91 Å².